The second-order valence-electron chi connectivity index (χ2n) is 16.9. The van der Waals surface area contributed by atoms with Crippen molar-refractivity contribution in [1.29, 1.82) is 0 Å². The molecule has 0 aromatic rings. The van der Waals surface area contributed by atoms with Gasteiger partial charge in [-0.15, -0.1) is 0 Å². The molecule has 3 aliphatic rings. The molecule has 2 amide bonds. The predicted molar refractivity (Wildman–Crippen MR) is 235 cm³/mol. The van der Waals surface area contributed by atoms with Gasteiger partial charge >= 0.3 is 12.0 Å². The summed E-state index contributed by atoms with van der Waals surface area (Å²) in [4.78, 5) is 25.0. The molecule has 0 saturated carbocycles. The van der Waals surface area contributed by atoms with Crippen LogP contribution in [0, 0.1) is 5.92 Å². The highest BCUT2D eigenvalue weighted by Crippen LogP contribution is 2.35. The number of fused-ring (bicyclic) bond motifs is 2. The second kappa shape index (κ2) is 28.4. The number of amides is 2. The third kappa shape index (κ3) is 20.7. The quantitative estimate of drug-likeness (QED) is 0.174. The summed E-state index contributed by atoms with van der Waals surface area (Å²) in [6.07, 6.45) is 7.48. The van der Waals surface area contributed by atoms with Crippen LogP contribution in [0.5, 0.6) is 0 Å². The Balaban J connectivity index is 1.84. The number of aliphatic hydroxyl groups excluding tert-OH is 9. The molecular formula is C46H72N2O16. The van der Waals surface area contributed by atoms with Crippen LogP contribution in [-0.2, 0) is 23.7 Å². The normalized spacial score (nSPS) is 42.4. The van der Waals surface area contributed by atoms with Gasteiger partial charge in [-0.25, -0.2) is 4.79 Å². The minimum absolute atomic E-state index is 0.00897. The van der Waals surface area contributed by atoms with Crippen molar-refractivity contribution in [3.05, 3.63) is 85.1 Å². The molecule has 12 N–H and O–H groups in total. The molecule has 0 aliphatic carbocycles. The summed E-state index contributed by atoms with van der Waals surface area (Å²) in [7, 11) is 1.38. The van der Waals surface area contributed by atoms with E-state index in [0.717, 1.165) is 0 Å². The van der Waals surface area contributed by atoms with Crippen LogP contribution in [0.15, 0.2) is 85.1 Å². The molecule has 18 nitrogen and oxygen atoms in total. The fraction of sp³-hybridized carbons (Fsp3) is 0.652. The Morgan fingerprint density at radius 3 is 1.86 bits per heavy atom. The molecule has 2 bridgehead atoms. The highest BCUT2D eigenvalue weighted by Gasteiger charge is 2.48. The number of allylic oxidation sites excluding steroid dienone is 12. The summed E-state index contributed by atoms with van der Waals surface area (Å²) < 4.78 is 23.2. The number of aliphatic hydroxyl groups is 10. The van der Waals surface area contributed by atoms with E-state index in [1.54, 1.807) is 49.5 Å². The van der Waals surface area contributed by atoms with Gasteiger partial charge < -0.3 is 80.6 Å². The van der Waals surface area contributed by atoms with Gasteiger partial charge in [-0.05, 0) is 26.2 Å². The molecule has 16 atom stereocenters. The van der Waals surface area contributed by atoms with Crippen molar-refractivity contribution in [2.45, 2.75) is 169 Å². The Morgan fingerprint density at radius 2 is 1.25 bits per heavy atom. The number of nitrogens with one attached hydrogen (secondary N) is 2. The Labute approximate surface area is 375 Å². The molecule has 0 aromatic carbocycles. The lowest BCUT2D eigenvalue weighted by Crippen LogP contribution is -2.63. The SMILES string of the molecule is CNC(=O)N[C@H]1[C@@H]2C[C@@H](O[C@@H]3OC[C@@H](O)C[C@@H]3O)/C=C/C=C/C=C/C=C/C=C/C=C/C=C/[C@H](C)[C@@H](O)C[C@H](C)OC(=O)C[C@H](O)C[C@H](O)CC[C@@H](O)[C@H](O)C[C@H](O)C[C@](O)(C[C@@H]1O)O2. The maximum Gasteiger partial charge on any atom is 0.314 e. The smallest absolute Gasteiger partial charge is 0.314 e. The molecule has 18 heteroatoms. The fourth-order valence-electron chi connectivity index (χ4n) is 7.55. The van der Waals surface area contributed by atoms with Crippen molar-refractivity contribution in [2.75, 3.05) is 13.7 Å². The van der Waals surface area contributed by atoms with Crippen LogP contribution in [0.2, 0.25) is 0 Å². The Hall–Kier alpha value is -3.60. The third-order valence-electron chi connectivity index (χ3n) is 11.0. The van der Waals surface area contributed by atoms with E-state index in [-0.39, 0.29) is 51.0 Å². The third-order valence-corrected chi connectivity index (χ3v) is 11.0. The highest BCUT2D eigenvalue weighted by molar-refractivity contribution is 5.74. The van der Waals surface area contributed by atoms with E-state index >= 15 is 0 Å². The van der Waals surface area contributed by atoms with Crippen molar-refractivity contribution in [3.63, 3.8) is 0 Å². The first-order valence-electron chi connectivity index (χ1n) is 22.0. The highest BCUT2D eigenvalue weighted by atomic mass is 16.7. The van der Waals surface area contributed by atoms with E-state index in [4.69, 9.17) is 18.9 Å². The van der Waals surface area contributed by atoms with E-state index in [2.05, 4.69) is 10.6 Å². The molecule has 0 radical (unpaired) electrons. The zero-order valence-corrected chi connectivity index (χ0v) is 36.9. The van der Waals surface area contributed by atoms with E-state index in [1.807, 2.05) is 49.5 Å². The molecule has 2 fully saturated rings. The lowest BCUT2D eigenvalue weighted by molar-refractivity contribution is -0.298. The van der Waals surface area contributed by atoms with Crippen LogP contribution in [-0.4, -0.2) is 168 Å². The van der Waals surface area contributed by atoms with Gasteiger partial charge in [0, 0.05) is 51.5 Å². The van der Waals surface area contributed by atoms with E-state index in [9.17, 15) is 60.7 Å². The number of hydrogen-bond donors (Lipinski definition) is 12. The van der Waals surface area contributed by atoms with E-state index < -0.39 is 129 Å². The van der Waals surface area contributed by atoms with Crippen LogP contribution in [0.3, 0.4) is 0 Å². The molecule has 0 unspecified atom stereocenters. The number of cyclic esters (lactones) is 1. The molecule has 362 valence electrons. The van der Waals surface area contributed by atoms with Crippen molar-refractivity contribution >= 4 is 12.0 Å². The second-order valence-corrected chi connectivity index (χ2v) is 16.9. The predicted octanol–water partition coefficient (Wildman–Crippen LogP) is 0.737. The van der Waals surface area contributed by atoms with Gasteiger partial charge in [-0.1, -0.05) is 92.0 Å². The summed E-state index contributed by atoms with van der Waals surface area (Å²) in [5, 5.41) is 113. The topological polar surface area (TPSA) is 297 Å². The van der Waals surface area contributed by atoms with Gasteiger partial charge in [0.05, 0.1) is 80.1 Å². The summed E-state index contributed by atoms with van der Waals surface area (Å²) in [5.41, 5.74) is 0. The number of esters is 1. The van der Waals surface area contributed by atoms with Gasteiger partial charge in [-0.3, -0.25) is 4.79 Å². The maximum atomic E-state index is 12.5. The Kier molecular flexibility index (Phi) is 24.3. The van der Waals surface area contributed by atoms with Crippen molar-refractivity contribution < 1.29 is 79.6 Å². The van der Waals surface area contributed by atoms with Crippen molar-refractivity contribution in [3.8, 4) is 0 Å². The molecule has 64 heavy (non-hydrogen) atoms. The first-order chi connectivity index (χ1) is 30.4. The zero-order chi connectivity index (χ0) is 47.2. The lowest BCUT2D eigenvalue weighted by atomic mass is 9.87. The summed E-state index contributed by atoms with van der Waals surface area (Å²) in [6.45, 7) is 3.37. The van der Waals surface area contributed by atoms with Gasteiger partial charge in [0.2, 0.25) is 0 Å². The number of ether oxygens (including phenoxy) is 4. The first-order valence-corrected chi connectivity index (χ1v) is 22.0. The number of hydrogen-bond acceptors (Lipinski definition) is 16. The average Bonchev–Trinajstić information content (AvgIpc) is 3.21. The van der Waals surface area contributed by atoms with E-state index in [0.29, 0.717) is 0 Å². The lowest BCUT2D eigenvalue weighted by Gasteiger charge is -2.46. The van der Waals surface area contributed by atoms with Crippen LogP contribution in [0.4, 0.5) is 4.79 Å². The van der Waals surface area contributed by atoms with Crippen LogP contribution < -0.4 is 10.6 Å². The standard InChI is InChI=1S/C46H72N2O16/c1-29-16-14-12-10-8-6-4-5-7-9-11-13-15-17-35(63-44-39(56)23-34(52)28-61-44)25-41-43(48-45(59)47-3)40(57)27-46(60,64-41)26-33(51)22-38(55)36(53)19-18-31(49)21-32(50)24-42(58)62-30(2)20-37(29)54/h4-17,29-41,43-44,49-57,60H,18-28H2,1-3H3,(H2,47,48,59)/b5-4+,8-6+,9-7+,12-10+,13-11+,16-14+,17-15+/t29-,30-,31+,32+,33-,34-,35-,36+,37-,38+,39-,40-,41-,43+,44-,46+/m0/s1. The monoisotopic (exact) mass is 908 g/mol. The summed E-state index contributed by atoms with van der Waals surface area (Å²) in [6, 6.07) is -1.75. The molecule has 0 spiro atoms. The molecule has 3 rings (SSSR count). The van der Waals surface area contributed by atoms with Crippen LogP contribution in [0.25, 0.3) is 0 Å². The number of rotatable bonds is 3. The van der Waals surface area contributed by atoms with Gasteiger partial charge in [0.15, 0.2) is 12.1 Å². The van der Waals surface area contributed by atoms with Crippen LogP contribution in [0.1, 0.15) is 78.1 Å². The average molecular weight is 909 g/mol. The summed E-state index contributed by atoms with van der Waals surface area (Å²) in [5.74, 6) is -3.16. The summed E-state index contributed by atoms with van der Waals surface area (Å²) >= 11 is 0. The first kappa shape index (κ1) is 54.7. The van der Waals surface area contributed by atoms with Crippen LogP contribution >= 0.6 is 0 Å². The zero-order valence-electron chi connectivity index (χ0n) is 36.9. The van der Waals surface area contributed by atoms with Crippen molar-refractivity contribution in [1.82, 2.24) is 10.6 Å². The van der Waals surface area contributed by atoms with E-state index in [1.165, 1.54) is 7.05 Å². The Morgan fingerprint density at radius 1 is 0.656 bits per heavy atom. The van der Waals surface area contributed by atoms with Crippen molar-refractivity contribution in [2.24, 2.45) is 5.92 Å². The van der Waals surface area contributed by atoms with Gasteiger partial charge in [0.1, 0.15) is 12.2 Å². The number of urea groups is 1. The Bertz CT molecular complexity index is 1600. The molecule has 0 aromatic heterocycles. The molecule has 3 heterocycles. The fourth-order valence-corrected chi connectivity index (χ4v) is 7.55. The minimum atomic E-state index is -2.20. The maximum absolute atomic E-state index is 12.5. The van der Waals surface area contributed by atoms with Gasteiger partial charge in [-0.2, -0.15) is 0 Å². The number of carbonyl (C=O) groups excluding carboxylic acids is 2. The largest absolute Gasteiger partial charge is 0.462 e. The number of carbonyl (C=O) groups is 2. The molecule has 3 aliphatic heterocycles. The molecule has 2 saturated heterocycles. The minimum Gasteiger partial charge on any atom is -0.462 e. The van der Waals surface area contributed by atoms with Gasteiger partial charge in [0.25, 0.3) is 0 Å². The molecular weight excluding hydrogens is 837 g/mol.